The van der Waals surface area contributed by atoms with Crippen LogP contribution in [0, 0.1) is 11.3 Å². The lowest BCUT2D eigenvalue weighted by molar-refractivity contribution is 1.53. The first-order valence-electron chi connectivity index (χ1n) is 7.20. The Morgan fingerprint density at radius 2 is 1.32 bits per heavy atom. The van der Waals surface area contributed by atoms with Gasteiger partial charge in [0.2, 0.25) is 0 Å². The summed E-state index contributed by atoms with van der Waals surface area (Å²) in [6, 6.07) is 28.9. The van der Waals surface area contributed by atoms with Crippen LogP contribution in [0.5, 0.6) is 0 Å². The van der Waals surface area contributed by atoms with Gasteiger partial charge in [-0.05, 0) is 33.9 Å². The summed E-state index contributed by atoms with van der Waals surface area (Å²) in [5.74, 6) is 0. The zero-order chi connectivity index (χ0) is 15.2. The van der Waals surface area contributed by atoms with Crippen LogP contribution in [0.15, 0.2) is 84.9 Å². The molecule has 0 aliphatic rings. The van der Waals surface area contributed by atoms with Gasteiger partial charge < -0.3 is 0 Å². The van der Waals surface area contributed by atoms with E-state index in [2.05, 4.69) is 36.4 Å². The third-order valence-corrected chi connectivity index (χ3v) is 3.58. The number of rotatable bonds is 3. The van der Waals surface area contributed by atoms with Crippen LogP contribution in [-0.2, 0) is 0 Å². The van der Waals surface area contributed by atoms with Crippen molar-refractivity contribution in [1.29, 1.82) is 5.26 Å². The fourth-order valence-corrected chi connectivity index (χ4v) is 2.62. The number of hydrogen-bond donors (Lipinski definition) is 0. The highest BCUT2D eigenvalue weighted by Crippen LogP contribution is 2.35. The molecule has 0 bridgehead atoms. The maximum atomic E-state index is 8.84. The van der Waals surface area contributed by atoms with Gasteiger partial charge in [-0.25, -0.2) is 0 Å². The zero-order valence-corrected chi connectivity index (χ0v) is 12.1. The first-order valence-corrected chi connectivity index (χ1v) is 7.20. The predicted octanol–water partition coefficient (Wildman–Crippen LogP) is 5.56. The smallest absolute Gasteiger partial charge is 0.0912 e. The number of hydrogen-bond acceptors (Lipinski definition) is 1. The monoisotopic (exact) mass is 281 g/mol. The standard InChI is InChI=1S/C21H15N/c22-16-8-14-19-13-7-15-20(17-9-3-1-4-10-17)21(19)18-11-5-2-6-12-18/h1-15H. The van der Waals surface area contributed by atoms with Crippen LogP contribution in [0.4, 0.5) is 0 Å². The quantitative estimate of drug-likeness (QED) is 0.577. The molecule has 0 aliphatic heterocycles. The molecule has 0 amide bonds. The molecule has 0 fully saturated rings. The van der Waals surface area contributed by atoms with Crippen LogP contribution in [0.3, 0.4) is 0 Å². The van der Waals surface area contributed by atoms with Crippen molar-refractivity contribution in [2.75, 3.05) is 0 Å². The Balaban J connectivity index is 2.27. The summed E-state index contributed by atoms with van der Waals surface area (Å²) in [5.41, 5.74) is 5.70. The minimum atomic E-state index is 1.05. The highest BCUT2D eigenvalue weighted by Gasteiger charge is 2.10. The Hall–Kier alpha value is -3.11. The van der Waals surface area contributed by atoms with E-state index in [-0.39, 0.29) is 0 Å². The molecule has 0 heterocycles. The number of nitriles is 1. The van der Waals surface area contributed by atoms with Crippen molar-refractivity contribution in [1.82, 2.24) is 0 Å². The maximum absolute atomic E-state index is 8.84. The van der Waals surface area contributed by atoms with E-state index in [1.165, 1.54) is 17.2 Å². The molecule has 3 rings (SSSR count). The maximum Gasteiger partial charge on any atom is 0.0912 e. The fourth-order valence-electron chi connectivity index (χ4n) is 2.62. The van der Waals surface area contributed by atoms with Crippen molar-refractivity contribution < 1.29 is 0 Å². The van der Waals surface area contributed by atoms with Crippen LogP contribution < -0.4 is 0 Å². The Morgan fingerprint density at radius 1 is 0.682 bits per heavy atom. The second-order valence-corrected chi connectivity index (χ2v) is 4.96. The average molecular weight is 281 g/mol. The number of nitrogens with zero attached hydrogens (tertiary/aromatic N) is 1. The first kappa shape index (κ1) is 13.9. The topological polar surface area (TPSA) is 23.8 Å². The van der Waals surface area contributed by atoms with Gasteiger partial charge in [-0.3, -0.25) is 0 Å². The second-order valence-electron chi connectivity index (χ2n) is 4.96. The SMILES string of the molecule is N#CC=Cc1cccc(-c2ccccc2)c1-c1ccccc1. The minimum Gasteiger partial charge on any atom is -0.193 e. The Bertz CT molecular complexity index is 825. The van der Waals surface area contributed by atoms with E-state index in [4.69, 9.17) is 5.26 Å². The molecule has 0 unspecified atom stereocenters. The molecular formula is C21H15N. The summed E-state index contributed by atoms with van der Waals surface area (Å²) in [7, 11) is 0. The first-order chi connectivity index (χ1) is 10.9. The van der Waals surface area contributed by atoms with Crippen molar-refractivity contribution in [3.63, 3.8) is 0 Å². The summed E-state index contributed by atoms with van der Waals surface area (Å²) in [5, 5.41) is 8.84. The predicted molar refractivity (Wildman–Crippen MR) is 92.0 cm³/mol. The highest BCUT2D eigenvalue weighted by molar-refractivity contribution is 5.89. The molecule has 0 saturated carbocycles. The van der Waals surface area contributed by atoms with Gasteiger partial charge in [0, 0.05) is 6.08 Å². The van der Waals surface area contributed by atoms with Gasteiger partial charge in [0.25, 0.3) is 0 Å². The Morgan fingerprint density at radius 3 is 1.95 bits per heavy atom. The molecule has 1 nitrogen and oxygen atoms in total. The van der Waals surface area contributed by atoms with Gasteiger partial charge in [-0.1, -0.05) is 78.9 Å². The van der Waals surface area contributed by atoms with Crippen LogP contribution >= 0.6 is 0 Å². The van der Waals surface area contributed by atoms with E-state index in [0.29, 0.717) is 0 Å². The van der Waals surface area contributed by atoms with Gasteiger partial charge in [0.1, 0.15) is 0 Å². The van der Waals surface area contributed by atoms with E-state index >= 15 is 0 Å². The van der Waals surface area contributed by atoms with E-state index in [9.17, 15) is 0 Å². The molecule has 0 saturated heterocycles. The Kier molecular flexibility index (Phi) is 4.13. The van der Waals surface area contributed by atoms with Crippen LogP contribution in [0.25, 0.3) is 28.3 Å². The summed E-state index contributed by atoms with van der Waals surface area (Å²) in [6.45, 7) is 0. The van der Waals surface area contributed by atoms with E-state index in [0.717, 1.165) is 16.7 Å². The van der Waals surface area contributed by atoms with Gasteiger partial charge in [-0.2, -0.15) is 5.26 Å². The summed E-state index contributed by atoms with van der Waals surface area (Å²) < 4.78 is 0. The third-order valence-electron chi connectivity index (χ3n) is 3.58. The molecule has 0 aromatic heterocycles. The van der Waals surface area contributed by atoms with Crippen LogP contribution in [0.1, 0.15) is 5.56 Å². The molecular weight excluding hydrogens is 266 g/mol. The zero-order valence-electron chi connectivity index (χ0n) is 12.1. The van der Waals surface area contributed by atoms with Crippen molar-refractivity contribution in [2.24, 2.45) is 0 Å². The molecule has 3 aromatic rings. The molecule has 0 N–H and O–H groups in total. The highest BCUT2D eigenvalue weighted by atomic mass is 14.2. The molecule has 104 valence electrons. The Labute approximate surface area is 130 Å². The number of benzene rings is 3. The fraction of sp³-hybridized carbons (Fsp3) is 0. The molecule has 0 spiro atoms. The van der Waals surface area contributed by atoms with Crippen molar-refractivity contribution in [2.45, 2.75) is 0 Å². The van der Waals surface area contributed by atoms with Gasteiger partial charge in [0.05, 0.1) is 6.07 Å². The average Bonchev–Trinajstić information content (AvgIpc) is 2.61. The summed E-state index contributed by atoms with van der Waals surface area (Å²) in [6.07, 6.45) is 3.39. The normalized spacial score (nSPS) is 10.5. The lowest BCUT2D eigenvalue weighted by Gasteiger charge is -2.13. The van der Waals surface area contributed by atoms with Crippen LogP contribution in [0.2, 0.25) is 0 Å². The largest absolute Gasteiger partial charge is 0.193 e. The number of allylic oxidation sites excluding steroid dienone is 1. The third kappa shape index (κ3) is 2.82. The molecule has 0 aliphatic carbocycles. The van der Waals surface area contributed by atoms with Crippen molar-refractivity contribution in [3.8, 4) is 28.3 Å². The molecule has 3 aromatic carbocycles. The van der Waals surface area contributed by atoms with Gasteiger partial charge in [-0.15, -0.1) is 0 Å². The minimum absolute atomic E-state index is 1.05. The van der Waals surface area contributed by atoms with Gasteiger partial charge >= 0.3 is 0 Å². The van der Waals surface area contributed by atoms with Crippen molar-refractivity contribution in [3.05, 3.63) is 90.5 Å². The molecule has 0 radical (unpaired) electrons. The van der Waals surface area contributed by atoms with Gasteiger partial charge in [0.15, 0.2) is 0 Å². The van der Waals surface area contributed by atoms with E-state index in [1.54, 1.807) is 0 Å². The molecule has 0 atom stereocenters. The lowest BCUT2D eigenvalue weighted by Crippen LogP contribution is -1.89. The van der Waals surface area contributed by atoms with E-state index in [1.807, 2.05) is 54.6 Å². The molecule has 22 heavy (non-hydrogen) atoms. The van der Waals surface area contributed by atoms with E-state index < -0.39 is 0 Å². The molecule has 1 heteroatoms. The summed E-state index contributed by atoms with van der Waals surface area (Å²) >= 11 is 0. The van der Waals surface area contributed by atoms with Crippen molar-refractivity contribution >= 4 is 6.08 Å². The summed E-state index contributed by atoms with van der Waals surface area (Å²) in [4.78, 5) is 0. The lowest BCUT2D eigenvalue weighted by atomic mass is 9.90. The van der Waals surface area contributed by atoms with Crippen LogP contribution in [-0.4, -0.2) is 0 Å². The second kappa shape index (κ2) is 6.56.